The molecule has 2 aromatic heterocycles. The second kappa shape index (κ2) is 3.90. The number of benzene rings is 1. The molecule has 0 saturated carbocycles. The van der Waals surface area contributed by atoms with Gasteiger partial charge in [-0.3, -0.25) is 0 Å². The standard InChI is InChI=1S/C13H12N4/c14-12-3-1-10(2-4-12)7-11-5-6-17-13(8-11)15-9-16-17/h1-6,8-9H,7,14H2. The van der Waals surface area contributed by atoms with Crippen molar-refractivity contribution in [2.24, 2.45) is 0 Å². The van der Waals surface area contributed by atoms with E-state index in [4.69, 9.17) is 5.73 Å². The van der Waals surface area contributed by atoms with Crippen LogP contribution in [0.4, 0.5) is 5.69 Å². The van der Waals surface area contributed by atoms with E-state index < -0.39 is 0 Å². The minimum atomic E-state index is 0.793. The highest BCUT2D eigenvalue weighted by molar-refractivity contribution is 5.43. The van der Waals surface area contributed by atoms with Gasteiger partial charge in [0.1, 0.15) is 6.33 Å². The first kappa shape index (κ1) is 9.84. The van der Waals surface area contributed by atoms with Crippen LogP contribution < -0.4 is 5.73 Å². The Labute approximate surface area is 98.7 Å². The molecule has 0 spiro atoms. The van der Waals surface area contributed by atoms with Gasteiger partial charge in [-0.15, -0.1) is 0 Å². The van der Waals surface area contributed by atoms with Crippen molar-refractivity contribution in [2.45, 2.75) is 6.42 Å². The van der Waals surface area contributed by atoms with Gasteiger partial charge in [-0.1, -0.05) is 12.1 Å². The first-order valence-electron chi connectivity index (χ1n) is 5.44. The Morgan fingerprint density at radius 2 is 1.88 bits per heavy atom. The topological polar surface area (TPSA) is 56.2 Å². The number of pyridine rings is 1. The lowest BCUT2D eigenvalue weighted by atomic mass is 10.1. The number of nitrogens with zero attached hydrogens (tertiary/aromatic N) is 3. The molecule has 0 unspecified atom stereocenters. The van der Waals surface area contributed by atoms with Gasteiger partial charge < -0.3 is 5.73 Å². The van der Waals surface area contributed by atoms with Crippen molar-refractivity contribution >= 4 is 11.3 Å². The molecule has 2 heterocycles. The molecule has 0 amide bonds. The second-order valence-corrected chi connectivity index (χ2v) is 4.02. The van der Waals surface area contributed by atoms with E-state index in [1.165, 1.54) is 11.1 Å². The lowest BCUT2D eigenvalue weighted by Crippen LogP contribution is -1.93. The van der Waals surface area contributed by atoms with Gasteiger partial charge in [0, 0.05) is 11.9 Å². The molecule has 0 aliphatic heterocycles. The van der Waals surface area contributed by atoms with Crippen molar-refractivity contribution in [1.29, 1.82) is 0 Å². The van der Waals surface area contributed by atoms with Crippen LogP contribution in [0.2, 0.25) is 0 Å². The molecule has 0 radical (unpaired) electrons. The Morgan fingerprint density at radius 3 is 2.71 bits per heavy atom. The van der Waals surface area contributed by atoms with Crippen molar-refractivity contribution in [2.75, 3.05) is 5.73 Å². The van der Waals surface area contributed by atoms with Crippen molar-refractivity contribution in [3.63, 3.8) is 0 Å². The monoisotopic (exact) mass is 224 g/mol. The normalized spacial score (nSPS) is 10.8. The molecule has 0 aliphatic carbocycles. The van der Waals surface area contributed by atoms with E-state index >= 15 is 0 Å². The highest BCUT2D eigenvalue weighted by atomic mass is 15.3. The molecule has 4 nitrogen and oxygen atoms in total. The van der Waals surface area contributed by atoms with Gasteiger partial charge >= 0.3 is 0 Å². The molecule has 1 aromatic carbocycles. The quantitative estimate of drug-likeness (QED) is 0.676. The smallest absolute Gasteiger partial charge is 0.155 e. The highest BCUT2D eigenvalue weighted by Crippen LogP contribution is 2.12. The highest BCUT2D eigenvalue weighted by Gasteiger charge is 1.99. The number of rotatable bonds is 2. The number of nitrogens with two attached hydrogens (primary N) is 1. The molecule has 0 bridgehead atoms. The third kappa shape index (κ3) is 1.97. The first-order valence-corrected chi connectivity index (χ1v) is 5.44. The van der Waals surface area contributed by atoms with Crippen LogP contribution in [-0.4, -0.2) is 14.6 Å². The van der Waals surface area contributed by atoms with E-state index in [0.29, 0.717) is 0 Å². The summed E-state index contributed by atoms with van der Waals surface area (Å²) in [4.78, 5) is 4.17. The van der Waals surface area contributed by atoms with Crippen LogP contribution in [-0.2, 0) is 6.42 Å². The third-order valence-electron chi connectivity index (χ3n) is 2.73. The number of hydrogen-bond donors (Lipinski definition) is 1. The second-order valence-electron chi connectivity index (χ2n) is 4.02. The van der Waals surface area contributed by atoms with Crippen molar-refractivity contribution in [3.05, 3.63) is 60.0 Å². The Kier molecular flexibility index (Phi) is 2.26. The van der Waals surface area contributed by atoms with Gasteiger partial charge in [-0.25, -0.2) is 9.50 Å². The average Bonchev–Trinajstić information content (AvgIpc) is 2.79. The lowest BCUT2D eigenvalue weighted by molar-refractivity contribution is 0.954. The van der Waals surface area contributed by atoms with E-state index in [1.54, 1.807) is 10.8 Å². The molecule has 2 N–H and O–H groups in total. The summed E-state index contributed by atoms with van der Waals surface area (Å²) in [6, 6.07) is 12.0. The van der Waals surface area contributed by atoms with Gasteiger partial charge in [0.15, 0.2) is 5.65 Å². The molecule has 0 atom stereocenters. The van der Waals surface area contributed by atoms with Crippen molar-refractivity contribution in [3.8, 4) is 0 Å². The lowest BCUT2D eigenvalue weighted by Gasteiger charge is -2.02. The molecule has 0 aliphatic rings. The minimum absolute atomic E-state index is 0.793. The van der Waals surface area contributed by atoms with Gasteiger partial charge in [0.2, 0.25) is 0 Å². The van der Waals surface area contributed by atoms with Gasteiger partial charge in [-0.05, 0) is 41.8 Å². The number of fused-ring (bicyclic) bond motifs is 1. The summed E-state index contributed by atoms with van der Waals surface area (Å²) in [6.45, 7) is 0. The minimum Gasteiger partial charge on any atom is -0.399 e. The van der Waals surface area contributed by atoms with E-state index in [1.807, 2.05) is 36.5 Å². The molecular formula is C13H12N4. The summed E-state index contributed by atoms with van der Waals surface area (Å²) in [6.07, 6.45) is 4.36. The van der Waals surface area contributed by atoms with Crippen LogP contribution in [0.25, 0.3) is 5.65 Å². The third-order valence-corrected chi connectivity index (χ3v) is 2.73. The predicted octanol–water partition coefficient (Wildman–Crippen LogP) is 1.90. The summed E-state index contributed by atoms with van der Waals surface area (Å²) in [5, 5.41) is 4.07. The first-order chi connectivity index (χ1) is 8.31. The van der Waals surface area contributed by atoms with E-state index in [9.17, 15) is 0 Å². The Bertz CT molecular complexity index is 640. The number of anilines is 1. The fourth-order valence-electron chi connectivity index (χ4n) is 1.84. The molecule has 0 fully saturated rings. The van der Waals surface area contributed by atoms with Gasteiger partial charge in [0.25, 0.3) is 0 Å². The Balaban J connectivity index is 1.91. The molecule has 3 aromatic rings. The Hall–Kier alpha value is -2.36. The fourth-order valence-corrected chi connectivity index (χ4v) is 1.84. The SMILES string of the molecule is Nc1ccc(Cc2ccn3ncnc3c2)cc1. The van der Waals surface area contributed by atoms with Crippen LogP contribution in [0.5, 0.6) is 0 Å². The summed E-state index contributed by atoms with van der Waals surface area (Å²) < 4.78 is 1.76. The van der Waals surface area contributed by atoms with E-state index in [2.05, 4.69) is 16.1 Å². The molecule has 84 valence electrons. The molecule has 17 heavy (non-hydrogen) atoms. The van der Waals surface area contributed by atoms with Crippen LogP contribution in [0.1, 0.15) is 11.1 Å². The summed E-state index contributed by atoms with van der Waals surface area (Å²) in [5.74, 6) is 0. The number of aromatic nitrogens is 3. The Morgan fingerprint density at radius 1 is 1.06 bits per heavy atom. The number of hydrogen-bond acceptors (Lipinski definition) is 3. The van der Waals surface area contributed by atoms with E-state index in [-0.39, 0.29) is 0 Å². The summed E-state index contributed by atoms with van der Waals surface area (Å²) in [5.41, 5.74) is 9.78. The summed E-state index contributed by atoms with van der Waals surface area (Å²) in [7, 11) is 0. The largest absolute Gasteiger partial charge is 0.399 e. The number of nitrogen functional groups attached to an aromatic ring is 1. The van der Waals surface area contributed by atoms with Gasteiger partial charge in [0.05, 0.1) is 0 Å². The van der Waals surface area contributed by atoms with Crippen LogP contribution in [0, 0.1) is 0 Å². The zero-order valence-corrected chi connectivity index (χ0v) is 9.24. The van der Waals surface area contributed by atoms with E-state index in [0.717, 1.165) is 17.8 Å². The molecule has 4 heteroatoms. The van der Waals surface area contributed by atoms with Gasteiger partial charge in [-0.2, -0.15) is 5.10 Å². The maximum atomic E-state index is 5.66. The maximum absolute atomic E-state index is 5.66. The summed E-state index contributed by atoms with van der Waals surface area (Å²) >= 11 is 0. The average molecular weight is 224 g/mol. The van der Waals surface area contributed by atoms with Crippen LogP contribution in [0.15, 0.2) is 48.9 Å². The zero-order valence-electron chi connectivity index (χ0n) is 9.24. The predicted molar refractivity (Wildman–Crippen MR) is 66.6 cm³/mol. The van der Waals surface area contributed by atoms with Crippen molar-refractivity contribution < 1.29 is 0 Å². The molecular weight excluding hydrogens is 212 g/mol. The molecule has 0 saturated heterocycles. The van der Waals surface area contributed by atoms with Crippen LogP contribution >= 0.6 is 0 Å². The van der Waals surface area contributed by atoms with Crippen molar-refractivity contribution in [1.82, 2.24) is 14.6 Å². The maximum Gasteiger partial charge on any atom is 0.155 e. The van der Waals surface area contributed by atoms with Crippen LogP contribution in [0.3, 0.4) is 0 Å². The zero-order chi connectivity index (χ0) is 11.7. The molecule has 3 rings (SSSR count). The fraction of sp³-hybridized carbons (Fsp3) is 0.0769.